The van der Waals surface area contributed by atoms with Crippen LogP contribution in [0, 0.1) is 18.6 Å². The molecule has 182 valence electrons. The van der Waals surface area contributed by atoms with E-state index >= 15 is 0 Å². The average Bonchev–Trinajstić information content (AvgIpc) is 3.51. The molecule has 0 atom stereocenters. The van der Waals surface area contributed by atoms with Crippen molar-refractivity contribution < 1.29 is 22.0 Å². The lowest BCUT2D eigenvalue weighted by Crippen LogP contribution is -2.31. The third-order valence-electron chi connectivity index (χ3n) is 5.63. The smallest absolute Gasteiger partial charge is 0.268 e. The Kier molecular flexibility index (Phi) is 7.11. The highest BCUT2D eigenvalue weighted by Crippen LogP contribution is 2.23. The highest BCUT2D eigenvalue weighted by atomic mass is 32.2. The first-order valence-corrected chi connectivity index (χ1v) is 12.5. The number of pyridine rings is 1. The summed E-state index contributed by atoms with van der Waals surface area (Å²) in [5.74, 6) is -1.51. The summed E-state index contributed by atoms with van der Waals surface area (Å²) in [4.78, 5) is 15.0. The predicted octanol–water partition coefficient (Wildman–Crippen LogP) is 4.33. The number of aryl methyl sites for hydroxylation is 1. The van der Waals surface area contributed by atoms with Gasteiger partial charge in [0.05, 0.1) is 22.2 Å². The maximum Gasteiger partial charge on any atom is 0.268 e. The van der Waals surface area contributed by atoms with Gasteiger partial charge in [0, 0.05) is 25.0 Å². The maximum atomic E-state index is 12.7. The van der Waals surface area contributed by atoms with Crippen LogP contribution in [0.25, 0.3) is 5.52 Å². The third-order valence-corrected chi connectivity index (χ3v) is 7.13. The first kappa shape index (κ1) is 24.3. The number of hydrogen-bond donors (Lipinski definition) is 1. The molecule has 3 heterocycles. The number of sulfonamides is 1. The van der Waals surface area contributed by atoms with E-state index in [2.05, 4.69) is 14.7 Å². The third kappa shape index (κ3) is 5.65. The summed E-state index contributed by atoms with van der Waals surface area (Å²) < 4.78 is 52.8. The van der Waals surface area contributed by atoms with E-state index in [9.17, 15) is 22.0 Å². The molecule has 1 saturated heterocycles. The molecule has 1 fully saturated rings. The largest absolute Gasteiger partial charge is 0.371 e. The number of halogens is 2. The van der Waals surface area contributed by atoms with Crippen LogP contribution < -0.4 is 9.62 Å². The fourth-order valence-electron chi connectivity index (χ4n) is 3.84. The van der Waals surface area contributed by atoms with E-state index in [-0.39, 0.29) is 10.5 Å². The van der Waals surface area contributed by atoms with Gasteiger partial charge < -0.3 is 4.90 Å². The quantitative estimate of drug-likeness (QED) is 0.453. The van der Waals surface area contributed by atoms with E-state index in [4.69, 9.17) is 0 Å². The van der Waals surface area contributed by atoms with Crippen LogP contribution in [0.15, 0.2) is 78.0 Å². The van der Waals surface area contributed by atoms with Crippen molar-refractivity contribution in [1.29, 1.82) is 0 Å². The van der Waals surface area contributed by atoms with Crippen molar-refractivity contribution >= 4 is 27.1 Å². The highest BCUT2D eigenvalue weighted by Gasteiger charge is 2.23. The first-order valence-electron chi connectivity index (χ1n) is 11.0. The van der Waals surface area contributed by atoms with E-state index in [1.807, 2.05) is 12.1 Å². The molecule has 1 aliphatic heterocycles. The Morgan fingerprint density at radius 3 is 2.23 bits per heavy atom. The van der Waals surface area contributed by atoms with Gasteiger partial charge in [-0.1, -0.05) is 18.2 Å². The Morgan fingerprint density at radius 1 is 0.971 bits per heavy atom. The number of nitrogens with zero attached hydrogens (tertiary/aromatic N) is 3. The van der Waals surface area contributed by atoms with E-state index in [1.165, 1.54) is 12.3 Å². The van der Waals surface area contributed by atoms with Crippen LogP contribution in [0.5, 0.6) is 0 Å². The van der Waals surface area contributed by atoms with Gasteiger partial charge in [-0.2, -0.15) is 5.10 Å². The zero-order valence-corrected chi connectivity index (χ0v) is 19.8. The molecule has 2 aromatic heterocycles. The lowest BCUT2D eigenvalue weighted by molar-refractivity contribution is 0.0983. The van der Waals surface area contributed by atoms with Gasteiger partial charge in [0.15, 0.2) is 0 Å². The van der Waals surface area contributed by atoms with Crippen molar-refractivity contribution in [3.05, 3.63) is 95.8 Å². The van der Waals surface area contributed by atoms with Crippen LogP contribution in [0.1, 0.15) is 28.8 Å². The Hall–Kier alpha value is -3.79. The molecule has 35 heavy (non-hydrogen) atoms. The number of carbonyl (C=O) groups is 1. The lowest BCUT2D eigenvalue weighted by Gasteiger charge is -2.17. The van der Waals surface area contributed by atoms with Crippen LogP contribution in [0.4, 0.5) is 14.5 Å². The summed E-state index contributed by atoms with van der Waals surface area (Å²) in [6.07, 6.45) is 5.47. The summed E-state index contributed by atoms with van der Waals surface area (Å²) in [7, 11) is -3.96. The minimum absolute atomic E-state index is 0.0904. The molecule has 1 N–H and O–H groups in total. The van der Waals surface area contributed by atoms with Crippen molar-refractivity contribution in [2.24, 2.45) is 0 Å². The van der Waals surface area contributed by atoms with Crippen molar-refractivity contribution in [1.82, 2.24) is 14.3 Å². The summed E-state index contributed by atoms with van der Waals surface area (Å²) >= 11 is 0. The molecule has 0 bridgehead atoms. The summed E-state index contributed by atoms with van der Waals surface area (Å²) in [5, 5.41) is 4.17. The molecular weight excluding hydrogens is 474 g/mol. The number of carbonyl (C=O) groups excluding carboxylic acids is 1. The number of hydrogen-bond acceptors (Lipinski definition) is 5. The fraction of sp³-hybridized carbons (Fsp3) is 0.200. The Bertz CT molecular complexity index is 1430. The second-order valence-corrected chi connectivity index (χ2v) is 9.75. The normalized spacial score (nSPS) is 13.4. The van der Waals surface area contributed by atoms with E-state index in [1.54, 1.807) is 35.8 Å². The number of nitrogens with one attached hydrogen (secondary N) is 1. The van der Waals surface area contributed by atoms with Crippen LogP contribution >= 0.6 is 0 Å². The molecule has 0 spiro atoms. The standard InChI is InChI=1S/C19H20N4O3S.C6H4F2/c1-14-6-2-3-7-18(14)27(25,26)21-19(24)16-13-20-23-11-8-15(12-17(16)23)22-9-4-5-10-22;7-5-1-2-6(8)4-3-5/h2-3,6-8,11-13H,4-5,9-10H2,1H3,(H,21,24);1-4H. The molecule has 2 aromatic carbocycles. The molecule has 10 heteroatoms. The number of amides is 1. The molecule has 1 aliphatic rings. The van der Waals surface area contributed by atoms with Gasteiger partial charge in [-0.15, -0.1) is 0 Å². The zero-order valence-electron chi connectivity index (χ0n) is 19.0. The van der Waals surface area contributed by atoms with Crippen molar-refractivity contribution in [3.8, 4) is 0 Å². The van der Waals surface area contributed by atoms with Crippen LogP contribution in [-0.4, -0.2) is 37.0 Å². The van der Waals surface area contributed by atoms with Gasteiger partial charge in [-0.25, -0.2) is 26.4 Å². The molecule has 0 saturated carbocycles. The lowest BCUT2D eigenvalue weighted by atomic mass is 10.2. The molecule has 1 amide bonds. The second kappa shape index (κ2) is 10.2. The fourth-order valence-corrected chi connectivity index (χ4v) is 5.05. The van der Waals surface area contributed by atoms with Gasteiger partial charge in [0.1, 0.15) is 11.6 Å². The zero-order chi connectivity index (χ0) is 25.0. The highest BCUT2D eigenvalue weighted by molar-refractivity contribution is 7.90. The molecule has 5 rings (SSSR count). The Labute approximate surface area is 202 Å². The van der Waals surface area contributed by atoms with Crippen molar-refractivity contribution in [3.63, 3.8) is 0 Å². The molecule has 7 nitrogen and oxygen atoms in total. The predicted molar refractivity (Wildman–Crippen MR) is 129 cm³/mol. The Morgan fingerprint density at radius 2 is 1.60 bits per heavy atom. The van der Waals surface area contributed by atoms with E-state index in [0.29, 0.717) is 11.1 Å². The van der Waals surface area contributed by atoms with Gasteiger partial charge in [-0.05, 0) is 67.8 Å². The number of aromatic nitrogens is 2. The van der Waals surface area contributed by atoms with Gasteiger partial charge >= 0.3 is 0 Å². The van der Waals surface area contributed by atoms with Crippen LogP contribution in [-0.2, 0) is 10.0 Å². The Balaban J connectivity index is 0.000000308. The molecule has 4 aromatic rings. The average molecular weight is 499 g/mol. The number of fused-ring (bicyclic) bond motifs is 1. The molecular formula is C25H24F2N4O3S. The van der Waals surface area contributed by atoms with Crippen LogP contribution in [0.2, 0.25) is 0 Å². The molecule has 0 unspecified atom stereocenters. The minimum Gasteiger partial charge on any atom is -0.371 e. The first-order chi connectivity index (χ1) is 16.7. The van der Waals surface area contributed by atoms with Gasteiger partial charge in [-0.3, -0.25) is 4.79 Å². The van der Waals surface area contributed by atoms with Crippen LogP contribution in [0.3, 0.4) is 0 Å². The van der Waals surface area contributed by atoms with Gasteiger partial charge in [0.25, 0.3) is 15.9 Å². The summed E-state index contributed by atoms with van der Waals surface area (Å²) in [5.41, 5.74) is 2.40. The molecule has 0 radical (unpaired) electrons. The SMILES string of the molecule is Cc1ccccc1S(=O)(=O)NC(=O)c1cnn2ccc(N3CCCC3)cc12.Fc1ccc(F)cc1. The maximum absolute atomic E-state index is 12.7. The minimum atomic E-state index is -3.96. The molecule has 0 aliphatic carbocycles. The van der Waals surface area contributed by atoms with Gasteiger partial charge in [0.2, 0.25) is 0 Å². The van der Waals surface area contributed by atoms with Crippen molar-refractivity contribution in [2.75, 3.05) is 18.0 Å². The number of rotatable bonds is 4. The topological polar surface area (TPSA) is 83.8 Å². The monoisotopic (exact) mass is 498 g/mol. The number of benzene rings is 2. The number of anilines is 1. The van der Waals surface area contributed by atoms with E-state index in [0.717, 1.165) is 55.9 Å². The van der Waals surface area contributed by atoms with E-state index < -0.39 is 27.6 Å². The summed E-state index contributed by atoms with van der Waals surface area (Å²) in [6, 6.07) is 14.7. The summed E-state index contributed by atoms with van der Waals surface area (Å²) in [6.45, 7) is 3.65. The van der Waals surface area contributed by atoms with Crippen molar-refractivity contribution in [2.45, 2.75) is 24.7 Å². The second-order valence-electron chi connectivity index (χ2n) is 8.10.